The van der Waals surface area contributed by atoms with Gasteiger partial charge in [-0.1, -0.05) is 57.1 Å². The van der Waals surface area contributed by atoms with Crippen molar-refractivity contribution in [3.8, 4) is 0 Å². The van der Waals surface area contributed by atoms with Crippen molar-refractivity contribution in [2.24, 2.45) is 0 Å². The zero-order chi connectivity index (χ0) is 12.2. The van der Waals surface area contributed by atoms with Crippen molar-refractivity contribution in [2.75, 3.05) is 6.61 Å². The highest BCUT2D eigenvalue weighted by Gasteiger charge is 2.06. The van der Waals surface area contributed by atoms with Crippen molar-refractivity contribution < 1.29 is 9.84 Å². The molecule has 0 heterocycles. The first-order valence-electron chi connectivity index (χ1n) is 5.96. The van der Waals surface area contributed by atoms with Crippen LogP contribution in [0.2, 0.25) is 0 Å². The summed E-state index contributed by atoms with van der Waals surface area (Å²) in [6.07, 6.45) is 11.1. The van der Waals surface area contributed by atoms with E-state index in [9.17, 15) is 5.11 Å². The average molecular weight is 224 g/mol. The highest BCUT2D eigenvalue weighted by molar-refractivity contribution is 5.01. The highest BCUT2D eigenvalue weighted by Crippen LogP contribution is 2.09. The molecule has 0 spiro atoms. The summed E-state index contributed by atoms with van der Waals surface area (Å²) in [4.78, 5) is 0. The lowest BCUT2D eigenvalue weighted by atomic mass is 10.1. The van der Waals surface area contributed by atoms with Gasteiger partial charge in [-0.25, -0.2) is 0 Å². The maximum atomic E-state index is 9.32. The molecule has 0 aliphatic heterocycles. The maximum Gasteiger partial charge on any atom is 0.0952 e. The molecule has 2 atom stereocenters. The Labute approximate surface area is 99.3 Å². The van der Waals surface area contributed by atoms with Crippen LogP contribution >= 0.6 is 0 Å². The lowest BCUT2D eigenvalue weighted by molar-refractivity contribution is 0.0241. The summed E-state index contributed by atoms with van der Waals surface area (Å²) in [6.45, 7) is 9.63. The third-order valence-corrected chi connectivity index (χ3v) is 2.31. The van der Waals surface area contributed by atoms with Gasteiger partial charge < -0.3 is 9.84 Å². The van der Waals surface area contributed by atoms with Crippen LogP contribution in [0.1, 0.15) is 32.6 Å². The van der Waals surface area contributed by atoms with Gasteiger partial charge in [0.2, 0.25) is 0 Å². The molecule has 0 aliphatic carbocycles. The lowest BCUT2D eigenvalue weighted by Gasteiger charge is -2.15. The maximum absolute atomic E-state index is 9.32. The fourth-order valence-electron chi connectivity index (χ4n) is 1.32. The molecule has 2 nitrogen and oxygen atoms in total. The summed E-state index contributed by atoms with van der Waals surface area (Å²) >= 11 is 0. The molecule has 1 N–H and O–H groups in total. The van der Waals surface area contributed by atoms with Crippen LogP contribution in [-0.4, -0.2) is 23.9 Å². The Bertz CT molecular complexity index is 209. The third-order valence-electron chi connectivity index (χ3n) is 2.31. The van der Waals surface area contributed by atoms with Gasteiger partial charge in [0, 0.05) is 0 Å². The molecule has 0 saturated carbocycles. The SMILES string of the molecule is C=C/C=C\C(CCCCC)OCC(O)C=C. The summed E-state index contributed by atoms with van der Waals surface area (Å²) in [7, 11) is 0. The van der Waals surface area contributed by atoms with Crippen LogP contribution in [0.4, 0.5) is 0 Å². The van der Waals surface area contributed by atoms with Crippen molar-refractivity contribution in [1.82, 2.24) is 0 Å². The normalized spacial score (nSPS) is 14.9. The molecule has 16 heavy (non-hydrogen) atoms. The Morgan fingerprint density at radius 2 is 2.06 bits per heavy atom. The number of aliphatic hydroxyl groups is 1. The number of aliphatic hydroxyl groups excluding tert-OH is 1. The molecule has 0 rings (SSSR count). The van der Waals surface area contributed by atoms with Crippen molar-refractivity contribution in [3.05, 3.63) is 37.5 Å². The second kappa shape index (κ2) is 10.7. The van der Waals surface area contributed by atoms with Crippen molar-refractivity contribution in [3.63, 3.8) is 0 Å². The average Bonchev–Trinajstić information content (AvgIpc) is 2.31. The third kappa shape index (κ3) is 8.45. The fourth-order valence-corrected chi connectivity index (χ4v) is 1.32. The molecule has 0 aliphatic rings. The number of allylic oxidation sites excluding steroid dienone is 2. The summed E-state index contributed by atoms with van der Waals surface area (Å²) < 4.78 is 5.59. The van der Waals surface area contributed by atoms with E-state index < -0.39 is 6.10 Å². The van der Waals surface area contributed by atoms with E-state index in [0.29, 0.717) is 6.61 Å². The molecule has 0 aromatic rings. The largest absolute Gasteiger partial charge is 0.387 e. The zero-order valence-electron chi connectivity index (χ0n) is 10.3. The van der Waals surface area contributed by atoms with Gasteiger partial charge in [-0.2, -0.15) is 0 Å². The molecular weight excluding hydrogens is 200 g/mol. The van der Waals surface area contributed by atoms with Gasteiger partial charge in [-0.3, -0.25) is 0 Å². The quantitative estimate of drug-likeness (QED) is 0.351. The van der Waals surface area contributed by atoms with Gasteiger partial charge in [-0.15, -0.1) is 6.58 Å². The van der Waals surface area contributed by atoms with Crippen LogP contribution in [0.3, 0.4) is 0 Å². The van der Waals surface area contributed by atoms with E-state index in [1.807, 2.05) is 12.2 Å². The zero-order valence-corrected chi connectivity index (χ0v) is 10.3. The van der Waals surface area contributed by atoms with Crippen LogP contribution in [0.25, 0.3) is 0 Å². The summed E-state index contributed by atoms with van der Waals surface area (Å²) in [5.41, 5.74) is 0. The van der Waals surface area contributed by atoms with Gasteiger partial charge in [0.1, 0.15) is 0 Å². The summed E-state index contributed by atoms with van der Waals surface area (Å²) in [5.74, 6) is 0. The second-order valence-electron chi connectivity index (χ2n) is 3.79. The van der Waals surface area contributed by atoms with Crippen LogP contribution in [0, 0.1) is 0 Å². The van der Waals surface area contributed by atoms with Crippen LogP contribution < -0.4 is 0 Å². The molecule has 0 aromatic carbocycles. The first-order valence-corrected chi connectivity index (χ1v) is 5.96. The van der Waals surface area contributed by atoms with E-state index in [1.54, 1.807) is 6.08 Å². The molecule has 0 saturated heterocycles. The van der Waals surface area contributed by atoms with Crippen LogP contribution in [0.5, 0.6) is 0 Å². The van der Waals surface area contributed by atoms with Crippen molar-refractivity contribution >= 4 is 0 Å². The minimum absolute atomic E-state index is 0.0687. The Morgan fingerprint density at radius 3 is 2.62 bits per heavy atom. The fraction of sp³-hybridized carbons (Fsp3) is 0.571. The Hall–Kier alpha value is -0.860. The van der Waals surface area contributed by atoms with E-state index in [1.165, 1.54) is 18.9 Å². The number of hydrogen-bond donors (Lipinski definition) is 1. The molecule has 92 valence electrons. The van der Waals surface area contributed by atoms with E-state index >= 15 is 0 Å². The minimum atomic E-state index is -0.578. The number of ether oxygens (including phenoxy) is 1. The van der Waals surface area contributed by atoms with Crippen molar-refractivity contribution in [2.45, 2.75) is 44.8 Å². The first-order chi connectivity index (χ1) is 7.74. The molecule has 0 bridgehead atoms. The van der Waals surface area contributed by atoms with E-state index in [0.717, 1.165) is 12.8 Å². The molecule has 0 amide bonds. The summed E-state index contributed by atoms with van der Waals surface area (Å²) in [5, 5.41) is 9.32. The van der Waals surface area contributed by atoms with E-state index in [4.69, 9.17) is 4.74 Å². The molecule has 0 radical (unpaired) electrons. The first kappa shape index (κ1) is 15.1. The van der Waals surface area contributed by atoms with Gasteiger partial charge >= 0.3 is 0 Å². The Morgan fingerprint density at radius 1 is 1.31 bits per heavy atom. The molecule has 0 fully saturated rings. The van der Waals surface area contributed by atoms with Gasteiger partial charge in [0.05, 0.1) is 18.8 Å². The molecular formula is C14H24O2. The minimum Gasteiger partial charge on any atom is -0.387 e. The Kier molecular flexibility index (Phi) is 10.1. The standard InChI is InChI=1S/C14H24O2/c1-4-7-9-11-14(10-8-5-2)16-12-13(15)6-3/h5-6,8,10,13-15H,2-4,7,9,11-12H2,1H3/b10-8-. The monoisotopic (exact) mass is 224 g/mol. The van der Waals surface area contributed by atoms with Gasteiger partial charge in [-0.05, 0) is 6.42 Å². The smallest absolute Gasteiger partial charge is 0.0952 e. The molecule has 2 unspecified atom stereocenters. The van der Waals surface area contributed by atoms with E-state index in [-0.39, 0.29) is 6.10 Å². The topological polar surface area (TPSA) is 29.5 Å². The van der Waals surface area contributed by atoms with Crippen molar-refractivity contribution in [1.29, 1.82) is 0 Å². The van der Waals surface area contributed by atoms with Gasteiger partial charge in [0.25, 0.3) is 0 Å². The molecule has 2 heteroatoms. The lowest BCUT2D eigenvalue weighted by Crippen LogP contribution is -2.18. The Balaban J connectivity index is 3.93. The number of rotatable bonds is 10. The molecule has 0 aromatic heterocycles. The van der Waals surface area contributed by atoms with E-state index in [2.05, 4.69) is 20.1 Å². The van der Waals surface area contributed by atoms with Crippen LogP contribution in [0.15, 0.2) is 37.5 Å². The second-order valence-corrected chi connectivity index (χ2v) is 3.79. The number of hydrogen-bond acceptors (Lipinski definition) is 2. The number of unbranched alkanes of at least 4 members (excludes halogenated alkanes) is 2. The predicted molar refractivity (Wildman–Crippen MR) is 69.4 cm³/mol. The van der Waals surface area contributed by atoms with Crippen LogP contribution in [-0.2, 0) is 4.74 Å². The van der Waals surface area contributed by atoms with Gasteiger partial charge in [0.15, 0.2) is 0 Å². The highest BCUT2D eigenvalue weighted by atomic mass is 16.5. The predicted octanol–water partition coefficient (Wildman–Crippen LogP) is 3.24. The summed E-state index contributed by atoms with van der Waals surface area (Å²) in [6, 6.07) is 0.